The number of hydrogen-bond acceptors (Lipinski definition) is 2. The van der Waals surface area contributed by atoms with Gasteiger partial charge in [0.1, 0.15) is 11.6 Å². The highest BCUT2D eigenvalue weighted by Crippen LogP contribution is 2.30. The Labute approximate surface area is 117 Å². The van der Waals surface area contributed by atoms with E-state index in [1.54, 1.807) is 19.2 Å². The number of hydrogen-bond donors (Lipinski definition) is 1. The molecule has 2 aromatic rings. The molecule has 0 saturated carbocycles. The second-order valence-electron chi connectivity index (χ2n) is 4.78. The van der Waals surface area contributed by atoms with E-state index in [2.05, 4.69) is 11.4 Å². The van der Waals surface area contributed by atoms with E-state index >= 15 is 0 Å². The van der Waals surface area contributed by atoms with Gasteiger partial charge in [-0.05, 0) is 46.5 Å². The van der Waals surface area contributed by atoms with Gasteiger partial charge in [-0.3, -0.25) is 0 Å². The van der Waals surface area contributed by atoms with Crippen LogP contribution in [-0.2, 0) is 6.54 Å². The van der Waals surface area contributed by atoms with Gasteiger partial charge in [0.2, 0.25) is 0 Å². The lowest BCUT2D eigenvalue weighted by Crippen LogP contribution is -2.11. The van der Waals surface area contributed by atoms with E-state index in [9.17, 15) is 4.39 Å². The number of methoxy groups -OCH3 is 1. The fraction of sp³-hybridized carbons (Fsp3) is 0.176. The maximum absolute atomic E-state index is 13.5. The summed E-state index contributed by atoms with van der Waals surface area (Å²) in [5, 5.41) is 3.34. The lowest BCUT2D eigenvalue weighted by Gasteiger charge is -2.12. The fourth-order valence-corrected chi connectivity index (χ4v) is 2.53. The Morgan fingerprint density at radius 3 is 2.85 bits per heavy atom. The Balaban J connectivity index is 2.11. The highest BCUT2D eigenvalue weighted by Gasteiger charge is 2.14. The number of rotatable bonds is 2. The van der Waals surface area contributed by atoms with Crippen LogP contribution in [0.15, 0.2) is 48.5 Å². The number of fused-ring (bicyclic) bond motifs is 1. The van der Waals surface area contributed by atoms with Gasteiger partial charge in [-0.25, -0.2) is 4.39 Å². The van der Waals surface area contributed by atoms with Crippen molar-refractivity contribution in [3.8, 4) is 5.75 Å². The highest BCUT2D eigenvalue weighted by molar-refractivity contribution is 5.82. The molecule has 0 unspecified atom stereocenters. The third-order valence-electron chi connectivity index (χ3n) is 3.50. The molecule has 2 aromatic carbocycles. The summed E-state index contributed by atoms with van der Waals surface area (Å²) in [6.45, 7) is 1.55. The molecule has 1 N–H and O–H groups in total. The Morgan fingerprint density at radius 1 is 1.15 bits per heavy atom. The van der Waals surface area contributed by atoms with Gasteiger partial charge in [-0.15, -0.1) is 0 Å². The number of nitrogens with one attached hydrogen (secondary N) is 1. The second kappa shape index (κ2) is 5.47. The van der Waals surface area contributed by atoms with Crippen LogP contribution < -0.4 is 10.1 Å². The minimum Gasteiger partial charge on any atom is -0.497 e. The molecule has 0 aromatic heterocycles. The van der Waals surface area contributed by atoms with Crippen LogP contribution in [0.25, 0.3) is 5.57 Å². The van der Waals surface area contributed by atoms with E-state index in [0.717, 1.165) is 41.1 Å². The van der Waals surface area contributed by atoms with Crippen molar-refractivity contribution in [3.63, 3.8) is 0 Å². The smallest absolute Gasteiger partial charge is 0.123 e. The van der Waals surface area contributed by atoms with E-state index in [1.807, 2.05) is 24.3 Å². The minimum absolute atomic E-state index is 0.212. The number of halogens is 1. The van der Waals surface area contributed by atoms with Crippen molar-refractivity contribution < 1.29 is 9.13 Å². The van der Waals surface area contributed by atoms with Crippen molar-refractivity contribution in [3.05, 3.63) is 71.0 Å². The van der Waals surface area contributed by atoms with Gasteiger partial charge >= 0.3 is 0 Å². The van der Waals surface area contributed by atoms with Crippen LogP contribution >= 0.6 is 0 Å². The molecule has 0 spiro atoms. The molecule has 3 heteroatoms. The Bertz CT molecular complexity index is 664. The van der Waals surface area contributed by atoms with E-state index in [0.29, 0.717) is 0 Å². The lowest BCUT2D eigenvalue weighted by atomic mass is 9.94. The van der Waals surface area contributed by atoms with Crippen LogP contribution in [0.5, 0.6) is 5.75 Å². The molecule has 1 aliphatic heterocycles. The first-order chi connectivity index (χ1) is 9.78. The summed E-state index contributed by atoms with van der Waals surface area (Å²) < 4.78 is 18.7. The third kappa shape index (κ3) is 2.45. The van der Waals surface area contributed by atoms with Gasteiger partial charge in [-0.1, -0.05) is 24.3 Å². The van der Waals surface area contributed by atoms with Crippen LogP contribution in [-0.4, -0.2) is 13.7 Å². The quantitative estimate of drug-likeness (QED) is 0.902. The molecular formula is C17H16FNO. The molecule has 2 nitrogen and oxygen atoms in total. The average molecular weight is 269 g/mol. The number of benzene rings is 2. The predicted octanol–water partition coefficient (Wildman–Crippen LogP) is 3.37. The first kappa shape index (κ1) is 12.9. The van der Waals surface area contributed by atoms with E-state index in [-0.39, 0.29) is 5.82 Å². The monoisotopic (exact) mass is 269 g/mol. The predicted molar refractivity (Wildman–Crippen MR) is 78.2 cm³/mol. The molecule has 0 aliphatic carbocycles. The molecule has 1 aliphatic rings. The second-order valence-corrected chi connectivity index (χ2v) is 4.78. The minimum atomic E-state index is -0.212. The normalized spacial score (nSPS) is 14.2. The molecule has 0 amide bonds. The van der Waals surface area contributed by atoms with Crippen molar-refractivity contribution in [1.82, 2.24) is 5.32 Å². The molecule has 102 valence electrons. The summed E-state index contributed by atoms with van der Waals surface area (Å²) in [7, 11) is 1.66. The summed E-state index contributed by atoms with van der Waals surface area (Å²) in [6.07, 6.45) is 2.10. The molecule has 0 saturated heterocycles. The van der Waals surface area contributed by atoms with E-state index in [1.165, 1.54) is 6.07 Å². The van der Waals surface area contributed by atoms with Crippen LogP contribution in [0.3, 0.4) is 0 Å². The summed E-state index contributed by atoms with van der Waals surface area (Å²) in [4.78, 5) is 0. The largest absolute Gasteiger partial charge is 0.497 e. The van der Waals surface area contributed by atoms with Crippen molar-refractivity contribution >= 4 is 5.57 Å². The van der Waals surface area contributed by atoms with Crippen LogP contribution in [0, 0.1) is 5.82 Å². The Morgan fingerprint density at radius 2 is 2.05 bits per heavy atom. The average Bonchev–Trinajstić information content (AvgIpc) is 2.68. The Hall–Kier alpha value is -2.13. The van der Waals surface area contributed by atoms with Crippen molar-refractivity contribution in [2.24, 2.45) is 0 Å². The zero-order valence-electron chi connectivity index (χ0n) is 11.3. The van der Waals surface area contributed by atoms with Crippen molar-refractivity contribution in [2.45, 2.75) is 6.54 Å². The maximum atomic E-state index is 13.5. The summed E-state index contributed by atoms with van der Waals surface area (Å²) in [5.41, 5.74) is 4.26. The van der Waals surface area contributed by atoms with Crippen molar-refractivity contribution in [2.75, 3.05) is 13.7 Å². The summed E-state index contributed by atoms with van der Waals surface area (Å²) >= 11 is 0. The first-order valence-electron chi connectivity index (χ1n) is 6.62. The molecule has 0 fully saturated rings. The lowest BCUT2D eigenvalue weighted by molar-refractivity contribution is 0.414. The van der Waals surface area contributed by atoms with E-state index in [4.69, 9.17) is 4.74 Å². The summed E-state index contributed by atoms with van der Waals surface area (Å²) in [6, 6.07) is 12.7. The van der Waals surface area contributed by atoms with Crippen LogP contribution in [0.2, 0.25) is 0 Å². The van der Waals surface area contributed by atoms with Gasteiger partial charge in [0.15, 0.2) is 0 Å². The molecule has 0 bridgehead atoms. The maximum Gasteiger partial charge on any atom is 0.123 e. The topological polar surface area (TPSA) is 21.3 Å². The first-order valence-corrected chi connectivity index (χ1v) is 6.62. The third-order valence-corrected chi connectivity index (χ3v) is 3.50. The SMILES string of the molecule is COc1ccc2c(c1)CNCC=C2c1cccc(F)c1. The van der Waals surface area contributed by atoms with Gasteiger partial charge in [0.05, 0.1) is 7.11 Å². The Kier molecular flexibility index (Phi) is 3.52. The van der Waals surface area contributed by atoms with Crippen LogP contribution in [0.1, 0.15) is 16.7 Å². The van der Waals surface area contributed by atoms with Gasteiger partial charge in [0, 0.05) is 13.1 Å². The fourth-order valence-electron chi connectivity index (χ4n) is 2.53. The van der Waals surface area contributed by atoms with Gasteiger partial charge in [-0.2, -0.15) is 0 Å². The van der Waals surface area contributed by atoms with E-state index < -0.39 is 0 Å². The van der Waals surface area contributed by atoms with Crippen LogP contribution in [0.4, 0.5) is 4.39 Å². The molecule has 3 rings (SSSR count). The molecule has 1 heterocycles. The molecular weight excluding hydrogens is 253 g/mol. The highest BCUT2D eigenvalue weighted by atomic mass is 19.1. The molecule has 20 heavy (non-hydrogen) atoms. The van der Waals surface area contributed by atoms with Gasteiger partial charge in [0.25, 0.3) is 0 Å². The van der Waals surface area contributed by atoms with Gasteiger partial charge < -0.3 is 10.1 Å². The van der Waals surface area contributed by atoms with Crippen molar-refractivity contribution in [1.29, 1.82) is 0 Å². The molecule has 0 radical (unpaired) electrons. The zero-order chi connectivity index (χ0) is 13.9. The molecule has 0 atom stereocenters. The summed E-state index contributed by atoms with van der Waals surface area (Å²) in [5.74, 6) is 0.627. The zero-order valence-corrected chi connectivity index (χ0v) is 11.3. The standard InChI is InChI=1S/C17H16FNO/c1-20-15-5-6-16-13(10-15)11-19-8-7-17(16)12-3-2-4-14(18)9-12/h2-7,9-10,19H,8,11H2,1H3. The number of ether oxygens (including phenoxy) is 1.